The Kier molecular flexibility index (Phi) is 5.08. The van der Waals surface area contributed by atoms with E-state index in [1.165, 1.54) is 18.5 Å². The molecule has 2 N–H and O–H groups in total. The van der Waals surface area contributed by atoms with Crippen LogP contribution in [-0.2, 0) is 24.2 Å². The first-order valence-corrected chi connectivity index (χ1v) is 8.28. The van der Waals surface area contributed by atoms with Gasteiger partial charge in [-0.3, -0.25) is 4.79 Å². The Bertz CT molecular complexity index is 692. The second-order valence-corrected chi connectivity index (χ2v) is 6.30. The molecule has 1 aromatic carbocycles. The summed E-state index contributed by atoms with van der Waals surface area (Å²) in [6.07, 6.45) is 4.42. The van der Waals surface area contributed by atoms with E-state index in [0.717, 1.165) is 24.4 Å². The molecule has 122 valence electrons. The van der Waals surface area contributed by atoms with Gasteiger partial charge in [0.25, 0.3) is 5.91 Å². The predicted molar refractivity (Wildman–Crippen MR) is 89.0 cm³/mol. The van der Waals surface area contributed by atoms with Gasteiger partial charge in [-0.25, -0.2) is 4.98 Å². The summed E-state index contributed by atoms with van der Waals surface area (Å²) < 4.78 is 5.39. The Balaban J connectivity index is 1.48. The lowest BCUT2D eigenvalue weighted by Gasteiger charge is -2.08. The zero-order valence-corrected chi connectivity index (χ0v) is 14.0. The van der Waals surface area contributed by atoms with Gasteiger partial charge in [-0.2, -0.15) is 0 Å². The number of H-pyrrole nitrogens is 1. The molecule has 0 aliphatic heterocycles. The normalized spacial score (nSPS) is 13.5. The molecule has 1 aromatic heterocycles. The van der Waals surface area contributed by atoms with Gasteiger partial charge >= 0.3 is 0 Å². The third-order valence-electron chi connectivity index (χ3n) is 3.71. The van der Waals surface area contributed by atoms with E-state index in [4.69, 9.17) is 27.9 Å². The topological polar surface area (TPSA) is 67.0 Å². The maximum Gasteiger partial charge on any atom is 0.258 e. The third-order valence-corrected chi connectivity index (χ3v) is 4.24. The summed E-state index contributed by atoms with van der Waals surface area (Å²) in [4.78, 5) is 19.7. The fraction of sp³-hybridized carbons (Fsp3) is 0.375. The van der Waals surface area contributed by atoms with E-state index in [9.17, 15) is 4.79 Å². The summed E-state index contributed by atoms with van der Waals surface area (Å²) in [5, 5.41) is 3.68. The number of rotatable bonds is 5. The number of aryl methyl sites for hydroxylation is 2. The number of carbonyl (C=O) groups is 1. The van der Waals surface area contributed by atoms with E-state index in [0.29, 0.717) is 22.3 Å². The monoisotopic (exact) mass is 353 g/mol. The maximum absolute atomic E-state index is 11.9. The Hall–Kier alpha value is -1.72. The zero-order valence-electron chi connectivity index (χ0n) is 12.5. The number of aromatic nitrogens is 2. The second-order valence-electron chi connectivity index (χ2n) is 5.46. The lowest BCUT2D eigenvalue weighted by molar-refractivity contribution is -0.123. The van der Waals surface area contributed by atoms with Gasteiger partial charge in [0.05, 0.1) is 17.3 Å². The summed E-state index contributed by atoms with van der Waals surface area (Å²) in [5.74, 6) is 0.986. The van der Waals surface area contributed by atoms with E-state index >= 15 is 0 Å². The van der Waals surface area contributed by atoms with Gasteiger partial charge in [0, 0.05) is 10.7 Å². The molecular formula is C16H17Cl2N3O2. The molecule has 3 rings (SSSR count). The first-order chi connectivity index (χ1) is 11.1. The van der Waals surface area contributed by atoms with E-state index in [-0.39, 0.29) is 12.5 Å². The Morgan fingerprint density at radius 2 is 2.13 bits per heavy atom. The van der Waals surface area contributed by atoms with Crippen molar-refractivity contribution in [1.29, 1.82) is 0 Å². The van der Waals surface area contributed by atoms with Crippen molar-refractivity contribution >= 4 is 29.1 Å². The minimum absolute atomic E-state index is 0.109. The van der Waals surface area contributed by atoms with Crippen LogP contribution in [0.5, 0.6) is 5.75 Å². The Labute approximate surface area is 144 Å². The number of ether oxygens (including phenoxy) is 1. The molecule has 0 fully saturated rings. The molecule has 1 aliphatic carbocycles. The smallest absolute Gasteiger partial charge is 0.258 e. The van der Waals surface area contributed by atoms with Crippen molar-refractivity contribution in [2.24, 2.45) is 0 Å². The van der Waals surface area contributed by atoms with Gasteiger partial charge in [0.15, 0.2) is 6.61 Å². The predicted octanol–water partition coefficient (Wildman–Crippen LogP) is 3.29. The molecule has 0 radical (unpaired) electrons. The van der Waals surface area contributed by atoms with Crippen LogP contribution in [0.2, 0.25) is 10.0 Å². The van der Waals surface area contributed by atoms with Gasteiger partial charge in [-0.05, 0) is 43.9 Å². The quantitative estimate of drug-likeness (QED) is 0.866. The molecule has 1 heterocycles. The number of aromatic amines is 1. The van der Waals surface area contributed by atoms with Gasteiger partial charge in [-0.1, -0.05) is 23.2 Å². The highest BCUT2D eigenvalue weighted by atomic mass is 35.5. The third kappa shape index (κ3) is 4.18. The molecule has 23 heavy (non-hydrogen) atoms. The van der Waals surface area contributed by atoms with Crippen molar-refractivity contribution in [3.8, 4) is 5.75 Å². The Morgan fingerprint density at radius 1 is 1.30 bits per heavy atom. The van der Waals surface area contributed by atoms with Gasteiger partial charge < -0.3 is 15.0 Å². The van der Waals surface area contributed by atoms with E-state index in [2.05, 4.69) is 15.3 Å². The minimum atomic E-state index is -0.231. The van der Waals surface area contributed by atoms with E-state index in [1.807, 2.05) is 0 Å². The van der Waals surface area contributed by atoms with Crippen LogP contribution >= 0.6 is 23.2 Å². The standard InChI is InChI=1S/C16H17Cl2N3O2/c17-10-5-6-14(11(18)7-10)23-9-16(22)19-8-15-20-12-3-1-2-4-13(12)21-15/h5-7H,1-4,8-9H2,(H,19,22)(H,20,21). The molecule has 2 aromatic rings. The molecule has 0 saturated carbocycles. The number of benzene rings is 1. The summed E-state index contributed by atoms with van der Waals surface area (Å²) >= 11 is 11.8. The molecule has 1 aliphatic rings. The lowest BCUT2D eigenvalue weighted by Crippen LogP contribution is -2.28. The summed E-state index contributed by atoms with van der Waals surface area (Å²) in [6, 6.07) is 4.87. The van der Waals surface area contributed by atoms with Crippen LogP contribution in [0.25, 0.3) is 0 Å². The first kappa shape index (κ1) is 16.1. The van der Waals surface area contributed by atoms with Gasteiger partial charge in [0.1, 0.15) is 11.6 Å². The van der Waals surface area contributed by atoms with Crippen LogP contribution in [0.3, 0.4) is 0 Å². The van der Waals surface area contributed by atoms with Crippen LogP contribution in [0.1, 0.15) is 30.1 Å². The van der Waals surface area contributed by atoms with E-state index in [1.54, 1.807) is 18.2 Å². The fourth-order valence-corrected chi connectivity index (χ4v) is 3.03. The molecule has 0 atom stereocenters. The number of carbonyl (C=O) groups excluding carboxylic acids is 1. The molecule has 0 bridgehead atoms. The highest BCUT2D eigenvalue weighted by Crippen LogP contribution is 2.27. The fourth-order valence-electron chi connectivity index (χ4n) is 2.57. The SMILES string of the molecule is O=C(COc1ccc(Cl)cc1Cl)NCc1nc2c([nH]1)CCCC2. The minimum Gasteiger partial charge on any atom is -0.482 e. The number of hydrogen-bond donors (Lipinski definition) is 2. The largest absolute Gasteiger partial charge is 0.482 e. The maximum atomic E-state index is 11.9. The number of fused-ring (bicyclic) bond motifs is 1. The average molecular weight is 354 g/mol. The summed E-state index contributed by atoms with van der Waals surface area (Å²) in [5.41, 5.74) is 2.33. The Morgan fingerprint density at radius 3 is 2.91 bits per heavy atom. The van der Waals surface area contributed by atoms with Crippen LogP contribution < -0.4 is 10.1 Å². The molecule has 0 unspecified atom stereocenters. The number of nitrogens with zero attached hydrogens (tertiary/aromatic N) is 1. The van der Waals surface area contributed by atoms with Crippen molar-refractivity contribution in [3.05, 3.63) is 45.5 Å². The number of imidazole rings is 1. The van der Waals surface area contributed by atoms with Gasteiger partial charge in [-0.15, -0.1) is 0 Å². The zero-order chi connectivity index (χ0) is 16.2. The van der Waals surface area contributed by atoms with Crippen LogP contribution in [0.15, 0.2) is 18.2 Å². The molecule has 0 saturated heterocycles. The molecule has 5 nitrogen and oxygen atoms in total. The molecular weight excluding hydrogens is 337 g/mol. The van der Waals surface area contributed by atoms with Crippen molar-refractivity contribution < 1.29 is 9.53 Å². The van der Waals surface area contributed by atoms with Crippen LogP contribution in [-0.4, -0.2) is 22.5 Å². The molecule has 7 heteroatoms. The highest BCUT2D eigenvalue weighted by Gasteiger charge is 2.14. The van der Waals surface area contributed by atoms with Crippen molar-refractivity contribution in [2.75, 3.05) is 6.61 Å². The molecule has 0 spiro atoms. The van der Waals surface area contributed by atoms with Crippen molar-refractivity contribution in [2.45, 2.75) is 32.2 Å². The number of amides is 1. The van der Waals surface area contributed by atoms with Crippen molar-refractivity contribution in [1.82, 2.24) is 15.3 Å². The molecule has 1 amide bonds. The number of nitrogens with one attached hydrogen (secondary N) is 2. The number of hydrogen-bond acceptors (Lipinski definition) is 3. The van der Waals surface area contributed by atoms with Gasteiger partial charge in [0.2, 0.25) is 0 Å². The summed E-state index contributed by atoms with van der Waals surface area (Å²) in [6.45, 7) is 0.255. The number of halogens is 2. The second kappa shape index (κ2) is 7.23. The van der Waals surface area contributed by atoms with Crippen molar-refractivity contribution in [3.63, 3.8) is 0 Å². The average Bonchev–Trinajstić information content (AvgIpc) is 2.95. The lowest BCUT2D eigenvalue weighted by atomic mass is 10.0. The first-order valence-electron chi connectivity index (χ1n) is 7.53. The van der Waals surface area contributed by atoms with Crippen LogP contribution in [0, 0.1) is 0 Å². The van der Waals surface area contributed by atoms with E-state index < -0.39 is 0 Å². The highest BCUT2D eigenvalue weighted by molar-refractivity contribution is 6.35. The summed E-state index contributed by atoms with van der Waals surface area (Å²) in [7, 11) is 0. The van der Waals surface area contributed by atoms with Crippen LogP contribution in [0.4, 0.5) is 0 Å².